The van der Waals surface area contributed by atoms with Gasteiger partial charge in [0.25, 0.3) is 5.91 Å². The van der Waals surface area contributed by atoms with Gasteiger partial charge in [-0.3, -0.25) is 9.69 Å². The lowest BCUT2D eigenvalue weighted by atomic mass is 10.1. The summed E-state index contributed by atoms with van der Waals surface area (Å²) in [5.41, 5.74) is 2.54. The van der Waals surface area contributed by atoms with E-state index in [1.807, 2.05) is 60.7 Å². The Hall–Kier alpha value is -3.91. The van der Waals surface area contributed by atoms with Gasteiger partial charge in [-0.25, -0.2) is 19.7 Å². The second-order valence-corrected chi connectivity index (χ2v) is 8.66. The number of thiazole rings is 1. The highest BCUT2D eigenvalue weighted by molar-refractivity contribution is 7.16. The third kappa shape index (κ3) is 5.35. The van der Waals surface area contributed by atoms with Crippen LogP contribution in [-0.2, 0) is 11.2 Å². The lowest BCUT2D eigenvalue weighted by molar-refractivity contribution is 0.0519. The molecule has 2 aromatic carbocycles. The molecule has 4 rings (SSSR count). The summed E-state index contributed by atoms with van der Waals surface area (Å²) >= 11 is 1.29. The molecule has 0 saturated carbocycles. The average Bonchev–Trinajstić information content (AvgIpc) is 3.26. The third-order valence-corrected chi connectivity index (χ3v) is 6.12. The van der Waals surface area contributed by atoms with E-state index in [-0.39, 0.29) is 18.2 Å². The average molecular weight is 473 g/mol. The van der Waals surface area contributed by atoms with Gasteiger partial charge in [0.2, 0.25) is 0 Å². The normalized spacial score (nSPS) is 10.6. The molecule has 0 fully saturated rings. The zero-order valence-corrected chi connectivity index (χ0v) is 19.8. The molecule has 0 aliphatic heterocycles. The molecule has 0 radical (unpaired) electrons. The van der Waals surface area contributed by atoms with Crippen molar-refractivity contribution in [2.24, 2.45) is 0 Å². The molecule has 0 aliphatic rings. The van der Waals surface area contributed by atoms with E-state index >= 15 is 0 Å². The fraction of sp³-hybridized carbons (Fsp3) is 0.192. The highest BCUT2D eigenvalue weighted by atomic mass is 32.1. The molecule has 0 saturated heterocycles. The predicted molar refractivity (Wildman–Crippen MR) is 132 cm³/mol. The zero-order valence-electron chi connectivity index (χ0n) is 19.0. The van der Waals surface area contributed by atoms with Crippen LogP contribution in [0.15, 0.2) is 73.1 Å². The number of rotatable bonds is 8. The minimum absolute atomic E-state index is 0.232. The molecule has 172 valence electrons. The Morgan fingerprint density at radius 1 is 0.971 bits per heavy atom. The molecule has 0 atom stereocenters. The van der Waals surface area contributed by atoms with E-state index in [0.717, 1.165) is 11.1 Å². The van der Waals surface area contributed by atoms with Crippen molar-refractivity contribution in [1.29, 1.82) is 0 Å². The van der Waals surface area contributed by atoms with E-state index in [1.165, 1.54) is 23.7 Å². The van der Waals surface area contributed by atoms with Crippen LogP contribution in [0.3, 0.4) is 0 Å². The number of benzene rings is 2. The number of nitrogens with zero attached hydrogens (tertiary/aromatic N) is 4. The van der Waals surface area contributed by atoms with Gasteiger partial charge in [0.1, 0.15) is 0 Å². The van der Waals surface area contributed by atoms with E-state index in [0.29, 0.717) is 34.4 Å². The van der Waals surface area contributed by atoms with Crippen LogP contribution in [0.4, 0.5) is 5.13 Å². The van der Waals surface area contributed by atoms with E-state index in [1.54, 1.807) is 18.7 Å². The second kappa shape index (κ2) is 10.8. The number of anilines is 1. The maximum Gasteiger partial charge on any atom is 0.358 e. The van der Waals surface area contributed by atoms with E-state index in [9.17, 15) is 9.59 Å². The highest BCUT2D eigenvalue weighted by Gasteiger charge is 2.25. The Balaban J connectivity index is 1.63. The Bertz CT molecular complexity index is 1260. The first kappa shape index (κ1) is 23.3. The summed E-state index contributed by atoms with van der Waals surface area (Å²) in [7, 11) is 0. The van der Waals surface area contributed by atoms with Gasteiger partial charge in [-0.15, -0.1) is 11.3 Å². The number of carbonyl (C=O) groups is 2. The quantitative estimate of drug-likeness (QED) is 0.337. The van der Waals surface area contributed by atoms with Crippen molar-refractivity contribution in [3.63, 3.8) is 0 Å². The monoisotopic (exact) mass is 472 g/mol. The maximum absolute atomic E-state index is 13.5. The summed E-state index contributed by atoms with van der Waals surface area (Å²) in [6.07, 6.45) is 3.68. The smallest absolute Gasteiger partial charge is 0.358 e. The van der Waals surface area contributed by atoms with Crippen molar-refractivity contribution in [2.75, 3.05) is 18.1 Å². The van der Waals surface area contributed by atoms with Gasteiger partial charge >= 0.3 is 5.97 Å². The molecule has 0 unspecified atom stereocenters. The fourth-order valence-corrected chi connectivity index (χ4v) is 4.31. The predicted octanol–water partition coefficient (Wildman–Crippen LogP) is 4.97. The van der Waals surface area contributed by atoms with Crippen LogP contribution >= 0.6 is 11.3 Å². The number of esters is 1. The number of carbonyl (C=O) groups excluding carboxylic acids is 2. The van der Waals surface area contributed by atoms with Gasteiger partial charge in [-0.1, -0.05) is 60.7 Å². The summed E-state index contributed by atoms with van der Waals surface area (Å²) in [6.45, 7) is 4.19. The number of hydrogen-bond donors (Lipinski definition) is 0. The van der Waals surface area contributed by atoms with Crippen molar-refractivity contribution in [3.8, 4) is 11.4 Å². The summed E-state index contributed by atoms with van der Waals surface area (Å²) in [6, 6.07) is 19.5. The summed E-state index contributed by atoms with van der Waals surface area (Å²) in [5, 5.41) is 0.439. The molecule has 0 spiro atoms. The zero-order chi connectivity index (χ0) is 23.9. The van der Waals surface area contributed by atoms with Crippen LogP contribution in [-0.4, -0.2) is 40.0 Å². The number of amides is 1. The van der Waals surface area contributed by atoms with Crippen molar-refractivity contribution in [3.05, 3.63) is 94.8 Å². The molecule has 7 nitrogen and oxygen atoms in total. The van der Waals surface area contributed by atoms with Crippen LogP contribution in [0, 0.1) is 6.92 Å². The molecule has 4 aromatic rings. The first-order valence-electron chi connectivity index (χ1n) is 10.9. The molecule has 0 aliphatic carbocycles. The largest absolute Gasteiger partial charge is 0.461 e. The molecule has 34 heavy (non-hydrogen) atoms. The van der Waals surface area contributed by atoms with Crippen molar-refractivity contribution >= 4 is 28.3 Å². The van der Waals surface area contributed by atoms with E-state index in [2.05, 4.69) is 15.0 Å². The summed E-state index contributed by atoms with van der Waals surface area (Å²) in [5.74, 6) is -0.226. The SMILES string of the molecule is CCOC(=O)c1nc(N(CCc2ccccc2)C(=O)c2cnc(-c3ccccc3)nc2)sc1C. The van der Waals surface area contributed by atoms with Crippen LogP contribution in [0.1, 0.15) is 38.2 Å². The topological polar surface area (TPSA) is 85.3 Å². The second-order valence-electron chi connectivity index (χ2n) is 7.48. The summed E-state index contributed by atoms with van der Waals surface area (Å²) < 4.78 is 5.11. The molecule has 2 aromatic heterocycles. The van der Waals surface area contributed by atoms with Crippen LogP contribution < -0.4 is 4.90 Å². The van der Waals surface area contributed by atoms with Crippen molar-refractivity contribution < 1.29 is 14.3 Å². The van der Waals surface area contributed by atoms with Gasteiger partial charge in [0, 0.05) is 29.4 Å². The molecule has 0 N–H and O–H groups in total. The van der Waals surface area contributed by atoms with Crippen LogP contribution in [0.2, 0.25) is 0 Å². The Kier molecular flexibility index (Phi) is 7.39. The first-order valence-corrected chi connectivity index (χ1v) is 11.8. The van der Waals surface area contributed by atoms with Gasteiger partial charge in [0.15, 0.2) is 16.6 Å². The van der Waals surface area contributed by atoms with Crippen LogP contribution in [0.5, 0.6) is 0 Å². The number of aryl methyl sites for hydroxylation is 1. The Labute approximate surface area is 202 Å². The molecule has 1 amide bonds. The van der Waals surface area contributed by atoms with Crippen molar-refractivity contribution in [1.82, 2.24) is 15.0 Å². The third-order valence-electron chi connectivity index (χ3n) is 5.13. The Morgan fingerprint density at radius 2 is 1.62 bits per heavy atom. The number of ether oxygens (including phenoxy) is 1. The number of hydrogen-bond acceptors (Lipinski definition) is 7. The van der Waals surface area contributed by atoms with E-state index in [4.69, 9.17) is 4.74 Å². The Morgan fingerprint density at radius 3 is 2.26 bits per heavy atom. The van der Waals surface area contributed by atoms with Crippen LogP contribution in [0.25, 0.3) is 11.4 Å². The van der Waals surface area contributed by atoms with Gasteiger partial charge in [-0.2, -0.15) is 0 Å². The molecular formula is C26H24N4O3S. The highest BCUT2D eigenvalue weighted by Crippen LogP contribution is 2.28. The maximum atomic E-state index is 13.5. The molecule has 8 heteroatoms. The summed E-state index contributed by atoms with van der Waals surface area (Å²) in [4.78, 5) is 41.3. The van der Waals surface area contributed by atoms with Gasteiger partial charge < -0.3 is 4.74 Å². The lowest BCUT2D eigenvalue weighted by Crippen LogP contribution is -2.33. The molecule has 2 heterocycles. The molecule has 0 bridgehead atoms. The molecular weight excluding hydrogens is 448 g/mol. The minimum atomic E-state index is -0.492. The van der Waals surface area contributed by atoms with Crippen molar-refractivity contribution in [2.45, 2.75) is 20.3 Å². The first-order chi connectivity index (χ1) is 16.6. The minimum Gasteiger partial charge on any atom is -0.461 e. The number of aromatic nitrogens is 3. The van der Waals surface area contributed by atoms with Gasteiger partial charge in [-0.05, 0) is 25.8 Å². The van der Waals surface area contributed by atoms with Gasteiger partial charge in [0.05, 0.1) is 12.2 Å². The standard InChI is InChI=1S/C26H24N4O3S/c1-3-33-25(32)22-18(2)34-26(29-22)30(15-14-19-10-6-4-7-11-19)24(31)21-16-27-23(28-17-21)20-12-8-5-9-13-20/h4-13,16-17H,3,14-15H2,1-2H3. The fourth-order valence-electron chi connectivity index (χ4n) is 3.39. The lowest BCUT2D eigenvalue weighted by Gasteiger charge is -2.20. The van der Waals surface area contributed by atoms with E-state index < -0.39 is 5.97 Å².